The van der Waals surface area contributed by atoms with Crippen LogP contribution in [-0.4, -0.2) is 28.9 Å². The molecule has 92 valence electrons. The van der Waals surface area contributed by atoms with Gasteiger partial charge >= 0.3 is 5.97 Å². The van der Waals surface area contributed by atoms with Crippen molar-refractivity contribution in [1.82, 2.24) is 0 Å². The van der Waals surface area contributed by atoms with E-state index >= 15 is 0 Å². The summed E-state index contributed by atoms with van der Waals surface area (Å²) in [5, 5.41) is 18.7. The van der Waals surface area contributed by atoms with E-state index in [0.29, 0.717) is 6.61 Å². The van der Waals surface area contributed by atoms with E-state index in [2.05, 4.69) is 0 Å². The molecule has 4 heteroatoms. The van der Waals surface area contributed by atoms with Crippen LogP contribution in [0.4, 0.5) is 0 Å². The van der Waals surface area contributed by atoms with Gasteiger partial charge in [-0.05, 0) is 5.56 Å². The number of fused-ring (bicyclic) bond motifs is 1. The molecule has 1 atom stereocenters. The van der Waals surface area contributed by atoms with Gasteiger partial charge in [-0.3, -0.25) is 0 Å². The molecule has 0 saturated heterocycles. The Morgan fingerprint density at radius 2 is 2.18 bits per heavy atom. The molecule has 0 aromatic heterocycles. The highest BCUT2D eigenvalue weighted by atomic mass is 16.5. The predicted molar refractivity (Wildman–Crippen MR) is 62.3 cm³/mol. The SMILES string of the molecule is CC(C)(c1cccc2c1OCC2)C(O)C(=O)O. The largest absolute Gasteiger partial charge is 0.493 e. The van der Waals surface area contributed by atoms with Gasteiger partial charge in [0.2, 0.25) is 0 Å². The zero-order valence-electron chi connectivity index (χ0n) is 9.93. The monoisotopic (exact) mass is 236 g/mol. The quantitative estimate of drug-likeness (QED) is 0.831. The molecule has 0 bridgehead atoms. The van der Waals surface area contributed by atoms with Crippen LogP contribution in [0.1, 0.15) is 25.0 Å². The minimum Gasteiger partial charge on any atom is -0.493 e. The minimum absolute atomic E-state index is 0.617. The van der Waals surface area contributed by atoms with Crippen LogP contribution in [0.5, 0.6) is 5.75 Å². The molecule has 1 unspecified atom stereocenters. The fourth-order valence-corrected chi connectivity index (χ4v) is 2.18. The Morgan fingerprint density at radius 1 is 1.47 bits per heavy atom. The summed E-state index contributed by atoms with van der Waals surface area (Å²) < 4.78 is 5.54. The molecule has 0 saturated carbocycles. The zero-order chi connectivity index (χ0) is 12.6. The lowest BCUT2D eigenvalue weighted by atomic mass is 9.78. The van der Waals surface area contributed by atoms with Crippen LogP contribution < -0.4 is 4.74 Å². The van der Waals surface area contributed by atoms with Gasteiger partial charge in [-0.25, -0.2) is 4.79 Å². The zero-order valence-corrected chi connectivity index (χ0v) is 9.93. The summed E-state index contributed by atoms with van der Waals surface area (Å²) in [5.41, 5.74) is 0.956. The Balaban J connectivity index is 2.47. The third-order valence-corrected chi connectivity index (χ3v) is 3.33. The van der Waals surface area contributed by atoms with Gasteiger partial charge < -0.3 is 14.9 Å². The van der Waals surface area contributed by atoms with Crippen LogP contribution in [0.3, 0.4) is 0 Å². The van der Waals surface area contributed by atoms with Gasteiger partial charge in [-0.15, -0.1) is 0 Å². The third-order valence-electron chi connectivity index (χ3n) is 3.33. The van der Waals surface area contributed by atoms with Crippen molar-refractivity contribution in [3.05, 3.63) is 29.3 Å². The lowest BCUT2D eigenvalue weighted by Gasteiger charge is -2.29. The molecule has 0 fully saturated rings. The second kappa shape index (κ2) is 4.04. The van der Waals surface area contributed by atoms with Crippen molar-refractivity contribution in [1.29, 1.82) is 0 Å². The fourth-order valence-electron chi connectivity index (χ4n) is 2.18. The third kappa shape index (κ3) is 1.89. The van der Waals surface area contributed by atoms with Crippen molar-refractivity contribution in [3.63, 3.8) is 0 Å². The Morgan fingerprint density at radius 3 is 2.82 bits per heavy atom. The first-order valence-electron chi connectivity index (χ1n) is 5.60. The molecule has 0 amide bonds. The molecule has 17 heavy (non-hydrogen) atoms. The Labute approximate surface area is 99.8 Å². The maximum absolute atomic E-state index is 10.9. The lowest BCUT2D eigenvalue weighted by molar-refractivity contribution is -0.150. The second-order valence-electron chi connectivity index (χ2n) is 4.85. The molecule has 1 heterocycles. The van der Waals surface area contributed by atoms with Crippen molar-refractivity contribution in [3.8, 4) is 5.75 Å². The molecular formula is C13H16O4. The highest BCUT2D eigenvalue weighted by Crippen LogP contribution is 2.39. The molecule has 2 N–H and O–H groups in total. The maximum Gasteiger partial charge on any atom is 0.333 e. The number of rotatable bonds is 3. The number of ether oxygens (including phenoxy) is 1. The average molecular weight is 236 g/mol. The van der Waals surface area contributed by atoms with E-state index in [1.807, 2.05) is 18.2 Å². The number of carboxylic acid groups (broad SMARTS) is 1. The fraction of sp³-hybridized carbons (Fsp3) is 0.462. The predicted octanol–water partition coefficient (Wildman–Crippen LogP) is 1.34. The number of carboxylic acids is 1. The topological polar surface area (TPSA) is 66.8 Å². The first kappa shape index (κ1) is 11.9. The Bertz CT molecular complexity index is 451. The summed E-state index contributed by atoms with van der Waals surface area (Å²) in [6.45, 7) is 4.04. The van der Waals surface area contributed by atoms with Crippen LogP contribution >= 0.6 is 0 Å². The molecular weight excluding hydrogens is 220 g/mol. The van der Waals surface area contributed by atoms with E-state index < -0.39 is 17.5 Å². The number of aliphatic hydroxyl groups is 1. The summed E-state index contributed by atoms with van der Waals surface area (Å²) in [6.07, 6.45) is -0.610. The van der Waals surface area contributed by atoms with Crippen molar-refractivity contribution in [2.24, 2.45) is 0 Å². The molecule has 0 aliphatic carbocycles. The minimum atomic E-state index is -1.45. The van der Waals surface area contributed by atoms with Crippen molar-refractivity contribution < 1.29 is 19.7 Å². The molecule has 1 aliphatic rings. The number of hydrogen-bond donors (Lipinski definition) is 2. The van der Waals surface area contributed by atoms with Gasteiger partial charge in [0, 0.05) is 17.4 Å². The molecule has 1 aromatic rings. The summed E-state index contributed by atoms with van der Waals surface area (Å²) in [7, 11) is 0. The Kier molecular flexibility index (Phi) is 2.83. The molecule has 1 aromatic carbocycles. The molecule has 4 nitrogen and oxygen atoms in total. The van der Waals surface area contributed by atoms with E-state index in [4.69, 9.17) is 9.84 Å². The normalized spacial score (nSPS) is 16.2. The second-order valence-corrected chi connectivity index (χ2v) is 4.85. The van der Waals surface area contributed by atoms with E-state index in [1.54, 1.807) is 13.8 Å². The summed E-state index contributed by atoms with van der Waals surface area (Å²) in [5.74, 6) is -0.483. The number of benzene rings is 1. The highest BCUT2D eigenvalue weighted by Gasteiger charge is 2.38. The van der Waals surface area contributed by atoms with E-state index in [-0.39, 0.29) is 0 Å². The van der Waals surface area contributed by atoms with E-state index in [9.17, 15) is 9.90 Å². The molecule has 2 rings (SSSR count). The number of aliphatic carboxylic acids is 1. The summed E-state index contributed by atoms with van der Waals surface area (Å²) in [4.78, 5) is 10.9. The lowest BCUT2D eigenvalue weighted by Crippen LogP contribution is -2.40. The van der Waals surface area contributed by atoms with Crippen molar-refractivity contribution >= 4 is 5.97 Å². The molecule has 0 radical (unpaired) electrons. The van der Waals surface area contributed by atoms with E-state index in [0.717, 1.165) is 23.3 Å². The van der Waals surface area contributed by atoms with Crippen molar-refractivity contribution in [2.75, 3.05) is 6.61 Å². The molecule has 1 aliphatic heterocycles. The Hall–Kier alpha value is -1.55. The van der Waals surface area contributed by atoms with Gasteiger partial charge in [0.15, 0.2) is 6.10 Å². The van der Waals surface area contributed by atoms with Gasteiger partial charge in [0.1, 0.15) is 5.75 Å². The average Bonchev–Trinajstić information content (AvgIpc) is 2.75. The summed E-state index contributed by atoms with van der Waals surface area (Å²) in [6, 6.07) is 5.66. The smallest absolute Gasteiger partial charge is 0.333 e. The van der Waals surface area contributed by atoms with Gasteiger partial charge in [0.25, 0.3) is 0 Å². The number of para-hydroxylation sites is 1. The van der Waals surface area contributed by atoms with Crippen LogP contribution in [0, 0.1) is 0 Å². The maximum atomic E-state index is 10.9. The standard InChI is InChI=1S/C13H16O4/c1-13(2,11(14)12(15)16)9-5-3-4-8-6-7-17-10(8)9/h3-5,11,14H,6-7H2,1-2H3,(H,15,16). The van der Waals surface area contributed by atoms with Crippen LogP contribution in [-0.2, 0) is 16.6 Å². The van der Waals surface area contributed by atoms with Gasteiger partial charge in [0.05, 0.1) is 6.61 Å². The van der Waals surface area contributed by atoms with Crippen LogP contribution in [0.15, 0.2) is 18.2 Å². The van der Waals surface area contributed by atoms with E-state index in [1.165, 1.54) is 0 Å². The summed E-state index contributed by atoms with van der Waals surface area (Å²) >= 11 is 0. The van der Waals surface area contributed by atoms with Crippen LogP contribution in [0.25, 0.3) is 0 Å². The number of aliphatic hydroxyl groups excluding tert-OH is 1. The first-order valence-corrected chi connectivity index (χ1v) is 5.60. The van der Waals surface area contributed by atoms with Gasteiger partial charge in [-0.1, -0.05) is 32.0 Å². The number of carbonyl (C=O) groups is 1. The number of hydrogen-bond acceptors (Lipinski definition) is 3. The first-order chi connectivity index (χ1) is 7.94. The highest BCUT2D eigenvalue weighted by molar-refractivity contribution is 5.75. The van der Waals surface area contributed by atoms with Gasteiger partial charge in [-0.2, -0.15) is 0 Å². The van der Waals surface area contributed by atoms with Crippen molar-refractivity contribution in [2.45, 2.75) is 31.8 Å². The van der Waals surface area contributed by atoms with Crippen LogP contribution in [0.2, 0.25) is 0 Å². The molecule has 0 spiro atoms.